The van der Waals surface area contributed by atoms with E-state index in [-0.39, 0.29) is 18.5 Å². The van der Waals surface area contributed by atoms with Crippen molar-refractivity contribution in [2.24, 2.45) is 4.99 Å². The first-order valence-electron chi connectivity index (χ1n) is 6.04. The van der Waals surface area contributed by atoms with Gasteiger partial charge in [-0.25, -0.2) is 9.37 Å². The number of aliphatic hydroxyl groups excluding tert-OH is 1. The molecule has 1 saturated heterocycles. The number of hydrogen-bond acceptors (Lipinski definition) is 5. The monoisotopic (exact) mass is 285 g/mol. The second-order valence-corrected chi connectivity index (χ2v) is 5.31. The predicted octanol–water partition coefficient (Wildman–Crippen LogP) is -0.595. The Morgan fingerprint density at radius 1 is 1.37 bits per heavy atom. The Morgan fingerprint density at radius 2 is 2.05 bits per heavy atom. The lowest BCUT2D eigenvalue weighted by molar-refractivity contribution is -0.529. The minimum absolute atomic E-state index is 0.0455. The van der Waals surface area contributed by atoms with Crippen molar-refractivity contribution in [1.82, 2.24) is 9.80 Å². The van der Waals surface area contributed by atoms with Crippen LogP contribution >= 0.6 is 11.8 Å². The molecule has 1 unspecified atom stereocenters. The zero-order valence-corrected chi connectivity index (χ0v) is 12.0. The predicted molar refractivity (Wildman–Crippen MR) is 72.5 cm³/mol. The van der Waals surface area contributed by atoms with Gasteiger partial charge in [0.15, 0.2) is 0 Å². The summed E-state index contributed by atoms with van der Waals surface area (Å²) in [5.74, 6) is 0.718. The molecule has 3 amide bonds. The first kappa shape index (κ1) is 14.0. The molecule has 2 rings (SSSR count). The molecular weight excluding hydrogens is 268 g/mol. The van der Waals surface area contributed by atoms with Crippen LogP contribution in [0, 0.1) is 0 Å². The molecule has 0 bridgehead atoms. The van der Waals surface area contributed by atoms with Crippen molar-refractivity contribution in [3.05, 3.63) is 0 Å². The zero-order valence-electron chi connectivity index (χ0n) is 11.2. The molecule has 0 aliphatic carbocycles. The molecule has 2 aliphatic rings. The number of likely N-dealkylation sites (N-methyl/N-ethyl adjacent to an activating group) is 3. The number of aliphatic hydroxyl groups is 1. The largest absolute Gasteiger partial charge is 0.396 e. The number of amidine groups is 2. The summed E-state index contributed by atoms with van der Waals surface area (Å²) >= 11 is 1.39. The third-order valence-corrected chi connectivity index (χ3v) is 4.13. The van der Waals surface area contributed by atoms with E-state index in [1.165, 1.54) is 23.7 Å². The van der Waals surface area contributed by atoms with Gasteiger partial charge in [0.05, 0.1) is 13.2 Å². The highest BCUT2D eigenvalue weighted by Gasteiger charge is 2.52. The number of urea groups is 1. The molecule has 1 N–H and O–H groups in total. The third kappa shape index (κ3) is 2.14. The fourth-order valence-corrected chi connectivity index (χ4v) is 2.98. The number of amides is 3. The lowest BCUT2D eigenvalue weighted by Crippen LogP contribution is -2.61. The molecule has 7 nitrogen and oxygen atoms in total. The molecule has 0 radical (unpaired) electrons. The minimum Gasteiger partial charge on any atom is -0.396 e. The maximum absolute atomic E-state index is 12.2. The average Bonchev–Trinajstić information content (AvgIpc) is 2.79. The van der Waals surface area contributed by atoms with Gasteiger partial charge in [-0.05, 0) is 23.7 Å². The van der Waals surface area contributed by atoms with Gasteiger partial charge in [-0.2, -0.15) is 0 Å². The van der Waals surface area contributed by atoms with Crippen molar-refractivity contribution < 1.29 is 19.3 Å². The number of carbonyl (C=O) groups is 2. The van der Waals surface area contributed by atoms with Crippen LogP contribution in [0.1, 0.15) is 6.92 Å². The Morgan fingerprint density at radius 3 is 2.63 bits per heavy atom. The topological polar surface area (TPSA) is 76.2 Å². The summed E-state index contributed by atoms with van der Waals surface area (Å²) < 4.78 is 1.86. The average molecular weight is 285 g/mol. The quantitative estimate of drug-likeness (QED) is 0.703. The van der Waals surface area contributed by atoms with Gasteiger partial charge < -0.3 is 5.11 Å². The van der Waals surface area contributed by atoms with Gasteiger partial charge in [0.25, 0.3) is 17.8 Å². The van der Waals surface area contributed by atoms with Crippen LogP contribution in [-0.2, 0) is 4.79 Å². The standard InChI is InChI=1S/C11H17N4O3S/c1-4-15-7-8(12-10(15)19-6-5-16)13(2)11(18)14(3)9(7)17/h7,16H,4-6H2,1-3H3/q+1. The van der Waals surface area contributed by atoms with Crippen molar-refractivity contribution in [3.8, 4) is 0 Å². The van der Waals surface area contributed by atoms with Crippen molar-refractivity contribution >= 4 is 34.7 Å². The Bertz CT molecular complexity index is 488. The number of aliphatic imine (C=N–C) groups is 1. The number of rotatable bonds is 3. The van der Waals surface area contributed by atoms with E-state index in [2.05, 4.69) is 4.99 Å². The van der Waals surface area contributed by atoms with Gasteiger partial charge in [-0.15, -0.1) is 0 Å². The van der Waals surface area contributed by atoms with E-state index in [0.717, 1.165) is 4.90 Å². The highest BCUT2D eigenvalue weighted by atomic mass is 32.2. The second kappa shape index (κ2) is 5.30. The minimum atomic E-state index is -0.529. The fourth-order valence-electron chi connectivity index (χ4n) is 2.15. The molecule has 2 aliphatic heterocycles. The molecule has 0 aromatic heterocycles. The van der Waals surface area contributed by atoms with Crippen molar-refractivity contribution in [3.63, 3.8) is 0 Å². The molecule has 8 heteroatoms. The van der Waals surface area contributed by atoms with Gasteiger partial charge in [0.1, 0.15) is 0 Å². The smallest absolute Gasteiger partial charge is 0.357 e. The number of nitrogens with zero attached hydrogens (tertiary/aromatic N) is 4. The summed E-state index contributed by atoms with van der Waals surface area (Å²) in [5.41, 5.74) is 0. The summed E-state index contributed by atoms with van der Waals surface area (Å²) in [7, 11) is 3.09. The summed E-state index contributed by atoms with van der Waals surface area (Å²) in [5, 5.41) is 9.57. The van der Waals surface area contributed by atoms with E-state index < -0.39 is 6.04 Å². The summed E-state index contributed by atoms with van der Waals surface area (Å²) in [6, 6.07) is -0.900. The van der Waals surface area contributed by atoms with E-state index in [9.17, 15) is 9.59 Å². The Hall–Kier alpha value is -1.41. The fraction of sp³-hybridized carbons (Fsp3) is 0.636. The summed E-state index contributed by atoms with van der Waals surface area (Å²) in [6.45, 7) is 2.60. The number of thioether (sulfide) groups is 1. The van der Waals surface area contributed by atoms with Crippen molar-refractivity contribution in [2.75, 3.05) is 33.0 Å². The maximum Gasteiger partial charge on any atom is 0.357 e. The first-order chi connectivity index (χ1) is 9.02. The van der Waals surface area contributed by atoms with E-state index in [1.54, 1.807) is 7.05 Å². The molecule has 0 aromatic carbocycles. The molecule has 1 fully saturated rings. The van der Waals surface area contributed by atoms with Crippen molar-refractivity contribution in [2.45, 2.75) is 13.0 Å². The van der Waals surface area contributed by atoms with E-state index in [4.69, 9.17) is 5.11 Å². The number of fused-ring (bicyclic) bond motifs is 1. The second-order valence-electron chi connectivity index (χ2n) is 4.25. The highest BCUT2D eigenvalue weighted by molar-refractivity contribution is 8.13. The molecule has 0 saturated carbocycles. The summed E-state index contributed by atoms with van der Waals surface area (Å²) in [4.78, 5) is 31.0. The van der Waals surface area contributed by atoms with Crippen LogP contribution < -0.4 is 0 Å². The SMILES string of the molecule is CC[N+]1=C(SCCO)N=C2C1C(=O)N(C)C(=O)N2C. The van der Waals surface area contributed by atoms with Gasteiger partial charge in [0.2, 0.25) is 0 Å². The normalized spacial score (nSPS) is 23.2. The first-order valence-corrected chi connectivity index (χ1v) is 7.02. The molecule has 104 valence electrons. The van der Waals surface area contributed by atoms with Crippen LogP contribution in [0.25, 0.3) is 0 Å². The van der Waals surface area contributed by atoms with E-state index in [0.29, 0.717) is 23.3 Å². The van der Waals surface area contributed by atoms with Crippen LogP contribution in [0.2, 0.25) is 0 Å². The summed E-state index contributed by atoms with van der Waals surface area (Å²) in [6.07, 6.45) is 0. The Labute approximate surface area is 115 Å². The van der Waals surface area contributed by atoms with Gasteiger partial charge in [-0.3, -0.25) is 14.6 Å². The zero-order chi connectivity index (χ0) is 14.2. The Balaban J connectivity index is 2.38. The van der Waals surface area contributed by atoms with Crippen molar-refractivity contribution in [1.29, 1.82) is 0 Å². The molecule has 0 aromatic rings. The third-order valence-electron chi connectivity index (χ3n) is 3.16. The van der Waals surface area contributed by atoms with E-state index in [1.807, 2.05) is 11.5 Å². The Kier molecular flexibility index (Phi) is 3.91. The van der Waals surface area contributed by atoms with Gasteiger partial charge in [-0.1, -0.05) is 0 Å². The molecule has 0 spiro atoms. The molecule has 2 heterocycles. The van der Waals surface area contributed by atoms with Crippen LogP contribution in [0.15, 0.2) is 4.99 Å². The van der Waals surface area contributed by atoms with Crippen LogP contribution in [-0.4, -0.2) is 81.5 Å². The molecule has 1 atom stereocenters. The van der Waals surface area contributed by atoms with E-state index >= 15 is 0 Å². The van der Waals surface area contributed by atoms with Gasteiger partial charge in [0, 0.05) is 19.8 Å². The van der Waals surface area contributed by atoms with Crippen LogP contribution in [0.5, 0.6) is 0 Å². The molecule has 19 heavy (non-hydrogen) atoms. The van der Waals surface area contributed by atoms with Crippen LogP contribution in [0.4, 0.5) is 4.79 Å². The van der Waals surface area contributed by atoms with Crippen LogP contribution in [0.3, 0.4) is 0 Å². The molecular formula is C11H17N4O3S+. The van der Waals surface area contributed by atoms with Gasteiger partial charge >= 0.3 is 11.2 Å². The number of hydrogen-bond donors (Lipinski definition) is 1. The lowest BCUT2D eigenvalue weighted by Gasteiger charge is -2.30. The number of imide groups is 1. The number of carbonyl (C=O) groups excluding carboxylic acids is 2. The highest BCUT2D eigenvalue weighted by Crippen LogP contribution is 2.22. The lowest BCUT2D eigenvalue weighted by atomic mass is 10.1. The maximum atomic E-state index is 12.2.